The largest absolute Gasteiger partial charge is 0.368 e. The minimum atomic E-state index is -0.114. The van der Waals surface area contributed by atoms with Crippen LogP contribution in [0.1, 0.15) is 45.6 Å². The fourth-order valence-electron chi connectivity index (χ4n) is 5.02. The van der Waals surface area contributed by atoms with Crippen molar-refractivity contribution in [1.29, 1.82) is 0 Å². The molecule has 0 radical (unpaired) electrons. The average Bonchev–Trinajstić information content (AvgIpc) is 2.80. The standard InChI is InChI=1S/C19H29NO/c1-17(2)16-10-11-18(17,3)19(14-16,21-13-12-20-4)15-8-6-5-7-9-15/h5-9,16,20H,10-14H2,1-4H3/t16-,18-,19-/m0/s1. The van der Waals surface area contributed by atoms with E-state index in [0.717, 1.165) is 19.1 Å². The van der Waals surface area contributed by atoms with Crippen LogP contribution in [-0.2, 0) is 10.3 Å². The molecule has 2 aliphatic carbocycles. The van der Waals surface area contributed by atoms with E-state index >= 15 is 0 Å². The van der Waals surface area contributed by atoms with Gasteiger partial charge in [-0.25, -0.2) is 0 Å². The van der Waals surface area contributed by atoms with E-state index in [9.17, 15) is 0 Å². The summed E-state index contributed by atoms with van der Waals surface area (Å²) < 4.78 is 6.63. The van der Waals surface area contributed by atoms with E-state index < -0.39 is 0 Å². The molecule has 2 nitrogen and oxygen atoms in total. The predicted molar refractivity (Wildman–Crippen MR) is 87.2 cm³/mol. The molecule has 3 rings (SSSR count). The first-order chi connectivity index (χ1) is 9.98. The second kappa shape index (κ2) is 5.10. The zero-order valence-corrected chi connectivity index (χ0v) is 13.9. The summed E-state index contributed by atoms with van der Waals surface area (Å²) in [5.41, 5.74) is 1.83. The molecule has 2 fully saturated rings. The van der Waals surface area contributed by atoms with E-state index in [4.69, 9.17) is 4.74 Å². The molecule has 0 heterocycles. The molecule has 116 valence electrons. The number of ether oxygens (including phenoxy) is 1. The first-order valence-electron chi connectivity index (χ1n) is 8.32. The van der Waals surface area contributed by atoms with Crippen LogP contribution in [0.5, 0.6) is 0 Å². The van der Waals surface area contributed by atoms with Crippen molar-refractivity contribution in [3.8, 4) is 0 Å². The molecule has 0 spiro atoms. The van der Waals surface area contributed by atoms with Gasteiger partial charge in [0.05, 0.1) is 12.2 Å². The van der Waals surface area contributed by atoms with Crippen molar-refractivity contribution in [2.75, 3.05) is 20.2 Å². The number of benzene rings is 1. The molecule has 2 heteroatoms. The Balaban J connectivity index is 2.03. The highest BCUT2D eigenvalue weighted by atomic mass is 16.5. The Labute approximate surface area is 129 Å². The van der Waals surface area contributed by atoms with Crippen molar-refractivity contribution in [2.24, 2.45) is 16.7 Å². The van der Waals surface area contributed by atoms with E-state index in [-0.39, 0.29) is 11.0 Å². The average molecular weight is 287 g/mol. The Kier molecular flexibility index (Phi) is 3.66. The van der Waals surface area contributed by atoms with Gasteiger partial charge in [0.1, 0.15) is 0 Å². The zero-order valence-electron chi connectivity index (χ0n) is 13.9. The van der Waals surface area contributed by atoms with Gasteiger partial charge < -0.3 is 10.1 Å². The predicted octanol–water partition coefficient (Wildman–Crippen LogP) is 3.96. The fourth-order valence-corrected chi connectivity index (χ4v) is 5.02. The summed E-state index contributed by atoms with van der Waals surface area (Å²) in [6.07, 6.45) is 3.80. The Morgan fingerprint density at radius 3 is 2.43 bits per heavy atom. The van der Waals surface area contributed by atoms with Gasteiger partial charge in [-0.15, -0.1) is 0 Å². The molecular weight excluding hydrogens is 258 g/mol. The summed E-state index contributed by atoms with van der Waals surface area (Å²) in [4.78, 5) is 0. The van der Waals surface area contributed by atoms with Gasteiger partial charge in [-0.05, 0) is 43.2 Å². The lowest BCUT2D eigenvalue weighted by molar-refractivity contribution is -0.145. The molecular formula is C19H29NO. The number of hydrogen-bond donors (Lipinski definition) is 1. The van der Waals surface area contributed by atoms with Crippen LogP contribution in [0.25, 0.3) is 0 Å². The van der Waals surface area contributed by atoms with Gasteiger partial charge in [-0.1, -0.05) is 51.1 Å². The summed E-state index contributed by atoms with van der Waals surface area (Å²) in [6.45, 7) is 9.07. The van der Waals surface area contributed by atoms with Gasteiger partial charge in [-0.3, -0.25) is 0 Å². The summed E-state index contributed by atoms with van der Waals surface area (Å²) in [7, 11) is 1.99. The summed E-state index contributed by atoms with van der Waals surface area (Å²) in [5, 5.41) is 3.21. The number of likely N-dealkylation sites (N-methyl/N-ethyl adjacent to an activating group) is 1. The smallest absolute Gasteiger partial charge is 0.0993 e. The molecule has 0 aromatic heterocycles. The molecule has 1 N–H and O–H groups in total. The monoisotopic (exact) mass is 287 g/mol. The van der Waals surface area contributed by atoms with Crippen LogP contribution < -0.4 is 5.32 Å². The van der Waals surface area contributed by atoms with E-state index in [0.29, 0.717) is 5.41 Å². The second-order valence-corrected chi connectivity index (χ2v) is 7.64. The van der Waals surface area contributed by atoms with Gasteiger partial charge in [0.15, 0.2) is 0 Å². The molecule has 0 aliphatic heterocycles. The van der Waals surface area contributed by atoms with Gasteiger partial charge >= 0.3 is 0 Å². The lowest BCUT2D eigenvalue weighted by Crippen LogP contribution is -2.47. The first kappa shape index (κ1) is 15.1. The second-order valence-electron chi connectivity index (χ2n) is 7.64. The molecule has 3 atom stereocenters. The Morgan fingerprint density at radius 1 is 1.19 bits per heavy atom. The highest BCUT2D eigenvalue weighted by molar-refractivity contribution is 5.32. The van der Waals surface area contributed by atoms with E-state index in [1.807, 2.05) is 7.05 Å². The zero-order chi connectivity index (χ0) is 15.1. The van der Waals surface area contributed by atoms with Crippen molar-refractivity contribution in [3.05, 3.63) is 35.9 Å². The van der Waals surface area contributed by atoms with E-state index in [1.54, 1.807) is 0 Å². The highest BCUT2D eigenvalue weighted by Crippen LogP contribution is 2.73. The molecule has 1 aromatic carbocycles. The van der Waals surface area contributed by atoms with Gasteiger partial charge in [0.25, 0.3) is 0 Å². The van der Waals surface area contributed by atoms with E-state index in [2.05, 4.69) is 56.4 Å². The quantitative estimate of drug-likeness (QED) is 0.828. The normalized spacial score (nSPS) is 37.0. The molecule has 2 saturated carbocycles. The van der Waals surface area contributed by atoms with Gasteiger partial charge in [0.2, 0.25) is 0 Å². The summed E-state index contributed by atoms with van der Waals surface area (Å²) in [5.74, 6) is 0.775. The van der Waals surface area contributed by atoms with Crippen molar-refractivity contribution >= 4 is 0 Å². The topological polar surface area (TPSA) is 21.3 Å². The SMILES string of the molecule is CNCCO[C@]1(c2ccccc2)C[C@@H]2CC[C@@]1(C)C2(C)C. The maximum absolute atomic E-state index is 6.63. The third-order valence-corrected chi connectivity index (χ3v) is 6.80. The molecule has 21 heavy (non-hydrogen) atoms. The number of hydrogen-bond acceptors (Lipinski definition) is 2. The van der Waals surface area contributed by atoms with Crippen LogP contribution in [-0.4, -0.2) is 20.2 Å². The van der Waals surface area contributed by atoms with Crippen LogP contribution in [0.2, 0.25) is 0 Å². The summed E-state index contributed by atoms with van der Waals surface area (Å²) in [6, 6.07) is 10.9. The third-order valence-electron chi connectivity index (χ3n) is 6.80. The Hall–Kier alpha value is -0.860. The van der Waals surface area contributed by atoms with Crippen LogP contribution in [0.3, 0.4) is 0 Å². The Morgan fingerprint density at radius 2 is 1.90 bits per heavy atom. The Bertz CT molecular complexity index is 498. The maximum Gasteiger partial charge on any atom is 0.0993 e. The van der Waals surface area contributed by atoms with E-state index in [1.165, 1.54) is 24.8 Å². The minimum Gasteiger partial charge on any atom is -0.368 e. The molecule has 1 aromatic rings. The van der Waals surface area contributed by atoms with Crippen molar-refractivity contribution in [3.63, 3.8) is 0 Å². The van der Waals surface area contributed by atoms with Gasteiger partial charge in [0, 0.05) is 12.0 Å². The lowest BCUT2D eigenvalue weighted by Gasteiger charge is -2.49. The molecule has 2 aliphatic rings. The van der Waals surface area contributed by atoms with Crippen LogP contribution in [0.4, 0.5) is 0 Å². The minimum absolute atomic E-state index is 0.114. The summed E-state index contributed by atoms with van der Waals surface area (Å²) >= 11 is 0. The third kappa shape index (κ3) is 1.92. The van der Waals surface area contributed by atoms with Gasteiger partial charge in [-0.2, -0.15) is 0 Å². The fraction of sp³-hybridized carbons (Fsp3) is 0.684. The number of rotatable bonds is 5. The maximum atomic E-state index is 6.63. The molecule has 0 unspecified atom stereocenters. The van der Waals surface area contributed by atoms with Crippen molar-refractivity contribution in [1.82, 2.24) is 5.32 Å². The molecule has 0 saturated heterocycles. The number of nitrogens with one attached hydrogen (secondary N) is 1. The first-order valence-corrected chi connectivity index (χ1v) is 8.32. The van der Waals surface area contributed by atoms with Crippen molar-refractivity contribution < 1.29 is 4.74 Å². The van der Waals surface area contributed by atoms with Crippen LogP contribution in [0.15, 0.2) is 30.3 Å². The molecule has 2 bridgehead atoms. The highest BCUT2D eigenvalue weighted by Gasteiger charge is 2.69. The van der Waals surface area contributed by atoms with Crippen LogP contribution >= 0.6 is 0 Å². The van der Waals surface area contributed by atoms with Crippen molar-refractivity contribution in [2.45, 2.75) is 45.6 Å². The van der Waals surface area contributed by atoms with Crippen LogP contribution in [0, 0.1) is 16.7 Å². The molecule has 0 amide bonds. The lowest BCUT2D eigenvalue weighted by atomic mass is 9.62. The number of fused-ring (bicyclic) bond motifs is 2.